The molecule has 0 spiro atoms. The Morgan fingerprint density at radius 1 is 1.00 bits per heavy atom. The van der Waals surface area contributed by atoms with E-state index in [1.807, 2.05) is 30.3 Å². The fourth-order valence-electron chi connectivity index (χ4n) is 2.71. The monoisotopic (exact) mass is 412 g/mol. The van der Waals surface area contributed by atoms with Crippen molar-refractivity contribution in [1.82, 2.24) is 4.98 Å². The van der Waals surface area contributed by atoms with Crippen LogP contribution in [0.1, 0.15) is 18.2 Å². The van der Waals surface area contributed by atoms with Gasteiger partial charge >= 0.3 is 0 Å². The van der Waals surface area contributed by atoms with Gasteiger partial charge in [-0.05, 0) is 48.5 Å². The van der Waals surface area contributed by atoms with Crippen LogP contribution in [0.4, 0.5) is 11.4 Å². The zero-order chi connectivity index (χ0) is 22.1. The van der Waals surface area contributed by atoms with E-state index in [-0.39, 0.29) is 18.1 Å². The van der Waals surface area contributed by atoms with E-state index >= 15 is 0 Å². The SMILES string of the molecule is CC(=O)Nc1ccc(NC(=O)/C(C#N)=C/c2ccccc2OCc2ccccn2)cc1. The number of carbonyl (C=O) groups excluding carboxylic acids is 2. The molecule has 7 heteroatoms. The largest absolute Gasteiger partial charge is 0.487 e. The van der Waals surface area contributed by atoms with E-state index in [1.54, 1.807) is 48.7 Å². The summed E-state index contributed by atoms with van der Waals surface area (Å²) in [6.45, 7) is 1.68. The third kappa shape index (κ3) is 6.27. The molecular formula is C24H20N4O3. The summed E-state index contributed by atoms with van der Waals surface area (Å²) >= 11 is 0. The molecule has 3 aromatic rings. The summed E-state index contributed by atoms with van der Waals surface area (Å²) in [6.07, 6.45) is 3.17. The van der Waals surface area contributed by atoms with Crippen LogP contribution in [-0.2, 0) is 16.2 Å². The van der Waals surface area contributed by atoms with E-state index in [9.17, 15) is 14.9 Å². The first-order valence-corrected chi connectivity index (χ1v) is 9.47. The van der Waals surface area contributed by atoms with Gasteiger partial charge in [0.15, 0.2) is 0 Å². The van der Waals surface area contributed by atoms with E-state index < -0.39 is 5.91 Å². The van der Waals surface area contributed by atoms with Crippen LogP contribution in [0.3, 0.4) is 0 Å². The Labute approximate surface area is 180 Å². The number of carbonyl (C=O) groups is 2. The second kappa shape index (κ2) is 10.4. The highest BCUT2D eigenvalue weighted by Gasteiger charge is 2.12. The van der Waals surface area contributed by atoms with E-state index in [1.165, 1.54) is 13.0 Å². The molecule has 0 bridgehead atoms. The highest BCUT2D eigenvalue weighted by Crippen LogP contribution is 2.22. The van der Waals surface area contributed by atoms with Gasteiger partial charge in [0, 0.05) is 30.1 Å². The number of hydrogen-bond acceptors (Lipinski definition) is 5. The van der Waals surface area contributed by atoms with Gasteiger partial charge in [0.05, 0.1) is 5.69 Å². The summed E-state index contributed by atoms with van der Waals surface area (Å²) in [5.74, 6) is -0.196. The molecule has 0 saturated carbocycles. The molecule has 0 radical (unpaired) electrons. The lowest BCUT2D eigenvalue weighted by atomic mass is 10.1. The highest BCUT2D eigenvalue weighted by molar-refractivity contribution is 6.09. The van der Waals surface area contributed by atoms with Crippen LogP contribution in [0.25, 0.3) is 6.08 Å². The molecule has 1 aromatic heterocycles. The van der Waals surface area contributed by atoms with Gasteiger partial charge in [-0.1, -0.05) is 24.3 Å². The highest BCUT2D eigenvalue weighted by atomic mass is 16.5. The average molecular weight is 412 g/mol. The zero-order valence-electron chi connectivity index (χ0n) is 16.8. The molecule has 0 atom stereocenters. The number of nitriles is 1. The van der Waals surface area contributed by atoms with Gasteiger partial charge in [0.25, 0.3) is 5.91 Å². The maximum Gasteiger partial charge on any atom is 0.266 e. The van der Waals surface area contributed by atoms with Crippen LogP contribution >= 0.6 is 0 Å². The van der Waals surface area contributed by atoms with Crippen molar-refractivity contribution in [3.05, 3.63) is 89.8 Å². The Balaban J connectivity index is 1.73. The van der Waals surface area contributed by atoms with Gasteiger partial charge in [0.1, 0.15) is 24.0 Å². The van der Waals surface area contributed by atoms with Crippen LogP contribution in [0, 0.1) is 11.3 Å². The van der Waals surface area contributed by atoms with Crippen molar-refractivity contribution in [2.24, 2.45) is 0 Å². The van der Waals surface area contributed by atoms with Crippen molar-refractivity contribution >= 4 is 29.3 Å². The van der Waals surface area contributed by atoms with Gasteiger partial charge < -0.3 is 15.4 Å². The Morgan fingerprint density at radius 2 is 1.68 bits per heavy atom. The first-order valence-electron chi connectivity index (χ1n) is 9.47. The number of rotatable bonds is 7. The van der Waals surface area contributed by atoms with Crippen LogP contribution in [0.5, 0.6) is 5.75 Å². The molecule has 2 N–H and O–H groups in total. The second-order valence-corrected chi connectivity index (χ2v) is 6.53. The quantitative estimate of drug-likeness (QED) is 0.448. The minimum absolute atomic E-state index is 0.0696. The van der Waals surface area contributed by atoms with Gasteiger partial charge in [-0.3, -0.25) is 14.6 Å². The molecule has 0 aliphatic carbocycles. The molecule has 2 aromatic carbocycles. The minimum Gasteiger partial charge on any atom is -0.487 e. The van der Waals surface area contributed by atoms with E-state index in [0.717, 1.165) is 5.69 Å². The standard InChI is InChI=1S/C24H20N4O3/c1-17(29)27-20-9-11-21(12-10-20)28-24(30)19(15-25)14-18-6-2-3-8-23(18)31-16-22-7-4-5-13-26-22/h2-14H,16H2,1H3,(H,27,29)(H,28,30)/b19-14+. The first kappa shape index (κ1) is 21.3. The molecule has 154 valence electrons. The number of ether oxygens (including phenoxy) is 1. The van der Waals surface area contributed by atoms with E-state index in [4.69, 9.17) is 4.74 Å². The predicted molar refractivity (Wildman–Crippen MR) is 118 cm³/mol. The number of nitrogens with zero attached hydrogens (tertiary/aromatic N) is 2. The first-order chi connectivity index (χ1) is 15.0. The summed E-state index contributed by atoms with van der Waals surface area (Å²) in [7, 11) is 0. The van der Waals surface area contributed by atoms with Crippen molar-refractivity contribution < 1.29 is 14.3 Å². The van der Waals surface area contributed by atoms with E-state index in [0.29, 0.717) is 22.7 Å². The molecule has 0 unspecified atom stereocenters. The number of hydrogen-bond donors (Lipinski definition) is 2. The fourth-order valence-corrected chi connectivity index (χ4v) is 2.71. The van der Waals surface area contributed by atoms with Crippen molar-refractivity contribution in [2.45, 2.75) is 13.5 Å². The van der Waals surface area contributed by atoms with Gasteiger partial charge in [-0.2, -0.15) is 5.26 Å². The molecule has 0 fully saturated rings. The minimum atomic E-state index is -0.547. The van der Waals surface area contributed by atoms with Crippen molar-refractivity contribution in [3.8, 4) is 11.8 Å². The van der Waals surface area contributed by atoms with Gasteiger partial charge in [-0.15, -0.1) is 0 Å². The Morgan fingerprint density at radius 3 is 2.32 bits per heavy atom. The number of benzene rings is 2. The molecule has 2 amide bonds. The molecule has 3 rings (SSSR count). The van der Waals surface area contributed by atoms with Crippen LogP contribution < -0.4 is 15.4 Å². The van der Waals surface area contributed by atoms with Gasteiger partial charge in [-0.25, -0.2) is 0 Å². The van der Waals surface area contributed by atoms with Crippen LogP contribution in [0.2, 0.25) is 0 Å². The average Bonchev–Trinajstić information content (AvgIpc) is 2.78. The number of nitrogens with one attached hydrogen (secondary N) is 2. The topological polar surface area (TPSA) is 104 Å². The summed E-state index contributed by atoms with van der Waals surface area (Å²) < 4.78 is 5.83. The van der Waals surface area contributed by atoms with Crippen molar-refractivity contribution in [2.75, 3.05) is 10.6 Å². The Hall–Kier alpha value is -4.44. The number of anilines is 2. The Bertz CT molecular complexity index is 1130. The summed E-state index contributed by atoms with van der Waals surface area (Å²) in [5.41, 5.74) is 2.41. The molecule has 0 saturated heterocycles. The van der Waals surface area contributed by atoms with Crippen molar-refractivity contribution in [1.29, 1.82) is 5.26 Å². The summed E-state index contributed by atoms with van der Waals surface area (Å²) in [4.78, 5) is 27.9. The number of amides is 2. The lowest BCUT2D eigenvalue weighted by Crippen LogP contribution is -2.13. The predicted octanol–water partition coefficient (Wildman–Crippen LogP) is 4.16. The van der Waals surface area contributed by atoms with Crippen molar-refractivity contribution in [3.63, 3.8) is 0 Å². The maximum atomic E-state index is 12.6. The van der Waals surface area contributed by atoms with Crippen LogP contribution in [-0.4, -0.2) is 16.8 Å². The second-order valence-electron chi connectivity index (χ2n) is 6.53. The third-order valence-corrected chi connectivity index (χ3v) is 4.15. The number of para-hydroxylation sites is 1. The lowest BCUT2D eigenvalue weighted by molar-refractivity contribution is -0.114. The van der Waals surface area contributed by atoms with Crippen LogP contribution in [0.15, 0.2) is 78.5 Å². The molecule has 0 aliphatic rings. The third-order valence-electron chi connectivity index (χ3n) is 4.15. The lowest BCUT2D eigenvalue weighted by Gasteiger charge is -2.10. The van der Waals surface area contributed by atoms with Gasteiger partial charge in [0.2, 0.25) is 5.91 Å². The molecule has 31 heavy (non-hydrogen) atoms. The molecular weight excluding hydrogens is 392 g/mol. The Kier molecular flexibility index (Phi) is 7.12. The smallest absolute Gasteiger partial charge is 0.266 e. The summed E-state index contributed by atoms with van der Waals surface area (Å²) in [5, 5.41) is 14.8. The zero-order valence-corrected chi connectivity index (χ0v) is 16.8. The molecule has 1 heterocycles. The molecule has 0 aliphatic heterocycles. The summed E-state index contributed by atoms with van der Waals surface area (Å²) in [6, 6.07) is 21.2. The normalized spacial score (nSPS) is 10.6. The fraction of sp³-hybridized carbons (Fsp3) is 0.0833. The maximum absolute atomic E-state index is 12.6. The number of pyridine rings is 1. The van der Waals surface area contributed by atoms with E-state index in [2.05, 4.69) is 15.6 Å². The molecule has 7 nitrogen and oxygen atoms in total. The number of aromatic nitrogens is 1.